The quantitative estimate of drug-likeness (QED) is 0.674. The minimum absolute atomic E-state index is 0.0868. The van der Waals surface area contributed by atoms with Gasteiger partial charge >= 0.3 is 0 Å². The summed E-state index contributed by atoms with van der Waals surface area (Å²) < 4.78 is 4.98. The lowest BCUT2D eigenvalue weighted by Gasteiger charge is -1.98. The molecular weight excluding hydrogens is 176 g/mol. The second-order valence-electron chi connectivity index (χ2n) is 3.15. The number of furan rings is 1. The Morgan fingerprint density at radius 3 is 2.29 bits per heavy atom. The lowest BCUT2D eigenvalue weighted by molar-refractivity contribution is 0.101. The molecule has 0 saturated carbocycles. The molecule has 0 aliphatic heterocycles. The second kappa shape index (κ2) is 3.50. The van der Waals surface area contributed by atoms with Gasteiger partial charge in [-0.1, -0.05) is 24.3 Å². The number of hydrogen-bond acceptors (Lipinski definition) is 2. The summed E-state index contributed by atoms with van der Waals surface area (Å²) in [5.74, 6) is 0.0868. The second-order valence-corrected chi connectivity index (χ2v) is 3.15. The number of benzene rings is 1. The minimum Gasteiger partial charge on any atom is -0.472 e. The van der Waals surface area contributed by atoms with E-state index in [0.29, 0.717) is 0 Å². The van der Waals surface area contributed by atoms with Gasteiger partial charge in [0, 0.05) is 11.1 Å². The van der Waals surface area contributed by atoms with Crippen molar-refractivity contribution in [1.82, 2.24) is 0 Å². The Kier molecular flexibility index (Phi) is 2.19. The maximum absolute atomic E-state index is 11.0. The van der Waals surface area contributed by atoms with Gasteiger partial charge in [0.25, 0.3) is 0 Å². The topological polar surface area (TPSA) is 30.2 Å². The molecule has 2 heteroatoms. The van der Waals surface area contributed by atoms with E-state index in [2.05, 4.69) is 0 Å². The van der Waals surface area contributed by atoms with Gasteiger partial charge in [-0.15, -0.1) is 0 Å². The van der Waals surface area contributed by atoms with Crippen LogP contribution in [-0.2, 0) is 0 Å². The fourth-order valence-electron chi connectivity index (χ4n) is 1.33. The number of carbonyl (C=O) groups excluding carboxylic acids is 1. The molecule has 0 N–H and O–H groups in total. The Hall–Kier alpha value is -1.83. The molecule has 0 atom stereocenters. The van der Waals surface area contributed by atoms with E-state index in [9.17, 15) is 4.79 Å². The van der Waals surface area contributed by atoms with E-state index in [1.54, 1.807) is 19.5 Å². The van der Waals surface area contributed by atoms with Gasteiger partial charge in [-0.3, -0.25) is 4.79 Å². The number of rotatable bonds is 2. The predicted molar refractivity (Wildman–Crippen MR) is 54.1 cm³/mol. The summed E-state index contributed by atoms with van der Waals surface area (Å²) >= 11 is 0. The summed E-state index contributed by atoms with van der Waals surface area (Å²) in [4.78, 5) is 11.0. The third-order valence-electron chi connectivity index (χ3n) is 2.15. The standard InChI is InChI=1S/C12H10O2/c1-9(13)10-2-4-11(5-3-10)12-6-7-14-8-12/h2-8H,1H3. The fourth-order valence-corrected chi connectivity index (χ4v) is 1.33. The zero-order chi connectivity index (χ0) is 9.97. The summed E-state index contributed by atoms with van der Waals surface area (Å²) in [5, 5.41) is 0. The summed E-state index contributed by atoms with van der Waals surface area (Å²) in [6.07, 6.45) is 3.32. The van der Waals surface area contributed by atoms with E-state index in [1.165, 1.54) is 0 Å². The molecule has 1 heterocycles. The number of Topliss-reactive ketones (excluding diaryl/α,β-unsaturated/α-hetero) is 1. The van der Waals surface area contributed by atoms with E-state index in [0.717, 1.165) is 16.7 Å². The number of hydrogen-bond donors (Lipinski definition) is 0. The Morgan fingerprint density at radius 1 is 1.07 bits per heavy atom. The lowest BCUT2D eigenvalue weighted by atomic mass is 10.1. The molecule has 1 aromatic heterocycles. The zero-order valence-electron chi connectivity index (χ0n) is 7.86. The van der Waals surface area contributed by atoms with Crippen molar-refractivity contribution in [3.8, 4) is 11.1 Å². The largest absolute Gasteiger partial charge is 0.472 e. The number of carbonyl (C=O) groups is 1. The lowest BCUT2D eigenvalue weighted by Crippen LogP contribution is -1.90. The highest BCUT2D eigenvalue weighted by Gasteiger charge is 2.01. The van der Waals surface area contributed by atoms with Gasteiger partial charge in [0.1, 0.15) is 0 Å². The van der Waals surface area contributed by atoms with E-state index < -0.39 is 0 Å². The highest BCUT2D eigenvalue weighted by Crippen LogP contribution is 2.19. The molecule has 2 nitrogen and oxygen atoms in total. The van der Waals surface area contributed by atoms with Gasteiger partial charge in [-0.2, -0.15) is 0 Å². The van der Waals surface area contributed by atoms with Crippen molar-refractivity contribution in [2.45, 2.75) is 6.92 Å². The van der Waals surface area contributed by atoms with Crippen LogP contribution in [0.4, 0.5) is 0 Å². The molecule has 0 bridgehead atoms. The van der Waals surface area contributed by atoms with Crippen LogP contribution in [0.3, 0.4) is 0 Å². The van der Waals surface area contributed by atoms with E-state index >= 15 is 0 Å². The van der Waals surface area contributed by atoms with Crippen LogP contribution in [0.1, 0.15) is 17.3 Å². The molecule has 2 rings (SSSR count). The molecule has 0 aliphatic carbocycles. The highest BCUT2D eigenvalue weighted by molar-refractivity contribution is 5.94. The molecule has 0 radical (unpaired) electrons. The Morgan fingerprint density at radius 2 is 1.79 bits per heavy atom. The SMILES string of the molecule is CC(=O)c1ccc(-c2ccoc2)cc1. The van der Waals surface area contributed by atoms with E-state index in [1.807, 2.05) is 30.3 Å². The molecule has 0 saturated heterocycles. The first-order valence-corrected chi connectivity index (χ1v) is 4.41. The van der Waals surface area contributed by atoms with Crippen molar-refractivity contribution >= 4 is 5.78 Å². The Bertz CT molecular complexity index is 424. The fraction of sp³-hybridized carbons (Fsp3) is 0.0833. The van der Waals surface area contributed by atoms with Crippen molar-refractivity contribution in [2.75, 3.05) is 0 Å². The Balaban J connectivity index is 2.36. The maximum Gasteiger partial charge on any atom is 0.159 e. The van der Waals surface area contributed by atoms with Gasteiger partial charge in [0.2, 0.25) is 0 Å². The van der Waals surface area contributed by atoms with Crippen LogP contribution in [0.5, 0.6) is 0 Å². The van der Waals surface area contributed by atoms with Crippen LogP contribution in [0.25, 0.3) is 11.1 Å². The molecule has 2 aromatic rings. The molecule has 0 spiro atoms. The van der Waals surface area contributed by atoms with E-state index in [4.69, 9.17) is 4.42 Å². The van der Waals surface area contributed by atoms with Crippen molar-refractivity contribution < 1.29 is 9.21 Å². The Labute approximate surface area is 82.2 Å². The van der Waals surface area contributed by atoms with E-state index in [-0.39, 0.29) is 5.78 Å². The van der Waals surface area contributed by atoms with Crippen LogP contribution in [0, 0.1) is 0 Å². The van der Waals surface area contributed by atoms with Crippen molar-refractivity contribution in [1.29, 1.82) is 0 Å². The van der Waals surface area contributed by atoms with Gasteiger partial charge < -0.3 is 4.42 Å². The van der Waals surface area contributed by atoms with Gasteiger partial charge in [0.05, 0.1) is 12.5 Å². The van der Waals surface area contributed by atoms with Gasteiger partial charge in [0.15, 0.2) is 5.78 Å². The molecule has 0 unspecified atom stereocenters. The summed E-state index contributed by atoms with van der Waals surface area (Å²) in [7, 11) is 0. The first-order chi connectivity index (χ1) is 6.77. The van der Waals surface area contributed by atoms with Crippen LogP contribution >= 0.6 is 0 Å². The average Bonchev–Trinajstić information content (AvgIpc) is 2.71. The molecule has 1 aromatic carbocycles. The maximum atomic E-state index is 11.0. The highest BCUT2D eigenvalue weighted by atomic mass is 16.3. The number of ketones is 1. The molecule has 14 heavy (non-hydrogen) atoms. The summed E-state index contributed by atoms with van der Waals surface area (Å²) in [6.45, 7) is 1.56. The van der Waals surface area contributed by atoms with Crippen molar-refractivity contribution in [2.24, 2.45) is 0 Å². The normalized spacial score (nSPS) is 10.1. The van der Waals surface area contributed by atoms with Gasteiger partial charge in [-0.05, 0) is 18.6 Å². The van der Waals surface area contributed by atoms with Crippen LogP contribution in [0.15, 0.2) is 47.3 Å². The average molecular weight is 186 g/mol. The van der Waals surface area contributed by atoms with Crippen LogP contribution in [0.2, 0.25) is 0 Å². The molecule has 0 amide bonds. The minimum atomic E-state index is 0.0868. The smallest absolute Gasteiger partial charge is 0.159 e. The van der Waals surface area contributed by atoms with Crippen LogP contribution < -0.4 is 0 Å². The van der Waals surface area contributed by atoms with Crippen LogP contribution in [-0.4, -0.2) is 5.78 Å². The zero-order valence-corrected chi connectivity index (χ0v) is 7.86. The molecule has 0 fully saturated rings. The first-order valence-electron chi connectivity index (χ1n) is 4.41. The molecular formula is C12H10O2. The summed E-state index contributed by atoms with van der Waals surface area (Å²) in [5.41, 5.74) is 2.82. The molecule has 0 aliphatic rings. The van der Waals surface area contributed by atoms with Crippen molar-refractivity contribution in [3.63, 3.8) is 0 Å². The van der Waals surface area contributed by atoms with Gasteiger partial charge in [-0.25, -0.2) is 0 Å². The molecule has 70 valence electrons. The summed E-state index contributed by atoms with van der Waals surface area (Å²) in [6, 6.07) is 9.38. The monoisotopic (exact) mass is 186 g/mol. The van der Waals surface area contributed by atoms with Crippen molar-refractivity contribution in [3.05, 3.63) is 48.4 Å². The third kappa shape index (κ3) is 1.59. The first kappa shape index (κ1) is 8.75. The predicted octanol–water partition coefficient (Wildman–Crippen LogP) is 3.15. The third-order valence-corrected chi connectivity index (χ3v) is 2.15.